The van der Waals surface area contributed by atoms with Crippen LogP contribution < -0.4 is 0 Å². The molecule has 2 rings (SSSR count). The monoisotopic (exact) mass is 668 g/mol. The van der Waals surface area contributed by atoms with Gasteiger partial charge in [0.2, 0.25) is 0 Å². The van der Waals surface area contributed by atoms with Crippen molar-refractivity contribution in [3.63, 3.8) is 0 Å². The number of carbonyl (C=O) groups is 3. The molecular formula is C37H52O9Si. The van der Waals surface area contributed by atoms with Gasteiger partial charge >= 0.3 is 17.9 Å². The molecule has 0 aromatic heterocycles. The van der Waals surface area contributed by atoms with Gasteiger partial charge in [0.25, 0.3) is 0 Å². The Hall–Kier alpha value is -3.57. The number of carbonyl (C=O) groups excluding carboxylic acids is 3. The highest BCUT2D eigenvalue weighted by Gasteiger charge is 2.39. The summed E-state index contributed by atoms with van der Waals surface area (Å²) in [6.45, 7) is 16.7. The molecule has 0 saturated carbocycles. The second kappa shape index (κ2) is 19.3. The number of ether oxygens (including phenoxy) is 5. The Kier molecular flexibility index (Phi) is 16.3. The van der Waals surface area contributed by atoms with E-state index in [0.717, 1.165) is 11.1 Å². The van der Waals surface area contributed by atoms with Gasteiger partial charge in [-0.25, -0.2) is 9.59 Å². The minimum absolute atomic E-state index is 0.00257. The van der Waals surface area contributed by atoms with Gasteiger partial charge in [0.15, 0.2) is 8.32 Å². The van der Waals surface area contributed by atoms with Crippen LogP contribution in [0.15, 0.2) is 85.0 Å². The molecule has 0 radical (unpaired) electrons. The number of hydrogen-bond donors (Lipinski definition) is 0. The first-order valence-electron chi connectivity index (χ1n) is 15.9. The molecule has 0 aliphatic rings. The molecule has 258 valence electrons. The van der Waals surface area contributed by atoms with Crippen molar-refractivity contribution in [2.75, 3.05) is 7.11 Å². The van der Waals surface area contributed by atoms with E-state index >= 15 is 0 Å². The van der Waals surface area contributed by atoms with Crippen molar-refractivity contribution in [1.29, 1.82) is 0 Å². The van der Waals surface area contributed by atoms with Gasteiger partial charge in [-0.05, 0) is 62.2 Å². The van der Waals surface area contributed by atoms with Crippen LogP contribution in [0, 0.1) is 0 Å². The van der Waals surface area contributed by atoms with E-state index in [0.29, 0.717) is 6.61 Å². The Morgan fingerprint density at radius 1 is 0.723 bits per heavy atom. The summed E-state index contributed by atoms with van der Waals surface area (Å²) in [5.41, 5.74) is 1.91. The molecule has 0 unspecified atom stereocenters. The molecule has 0 heterocycles. The van der Waals surface area contributed by atoms with Gasteiger partial charge in [0, 0.05) is 12.2 Å². The zero-order valence-electron chi connectivity index (χ0n) is 29.3. The van der Waals surface area contributed by atoms with Crippen LogP contribution in [0.2, 0.25) is 18.1 Å². The van der Waals surface area contributed by atoms with Crippen LogP contribution in [0.25, 0.3) is 0 Å². The normalized spacial score (nSPS) is 15.5. The quantitative estimate of drug-likeness (QED) is 0.0711. The molecule has 0 saturated heterocycles. The van der Waals surface area contributed by atoms with Crippen LogP contribution in [0.5, 0.6) is 0 Å². The first-order valence-corrected chi connectivity index (χ1v) is 18.9. The Labute approximate surface area is 281 Å². The number of esters is 3. The number of benzene rings is 2. The Balaban J connectivity index is 2.16. The highest BCUT2D eigenvalue weighted by atomic mass is 28.4. The Morgan fingerprint density at radius 3 is 1.62 bits per heavy atom. The largest absolute Gasteiger partial charge is 0.469 e. The van der Waals surface area contributed by atoms with Crippen LogP contribution >= 0.6 is 0 Å². The topological polar surface area (TPSA) is 107 Å². The lowest BCUT2D eigenvalue weighted by Gasteiger charge is -2.39. The predicted molar refractivity (Wildman–Crippen MR) is 184 cm³/mol. The lowest BCUT2D eigenvalue weighted by atomic mass is 10.2. The maximum atomic E-state index is 13.1. The summed E-state index contributed by atoms with van der Waals surface area (Å²) in [6, 6.07) is 19.3. The minimum atomic E-state index is -2.13. The van der Waals surface area contributed by atoms with Gasteiger partial charge in [0.1, 0.15) is 24.4 Å². The van der Waals surface area contributed by atoms with E-state index < -0.39 is 50.6 Å². The van der Waals surface area contributed by atoms with Gasteiger partial charge in [-0.15, -0.1) is 0 Å². The average Bonchev–Trinajstić information content (AvgIpc) is 3.00. The van der Waals surface area contributed by atoms with Gasteiger partial charge in [0.05, 0.1) is 32.8 Å². The third kappa shape index (κ3) is 14.8. The molecule has 0 spiro atoms. The van der Waals surface area contributed by atoms with Crippen LogP contribution in [0.1, 0.15) is 59.1 Å². The molecule has 0 aliphatic heterocycles. The maximum Gasteiger partial charge on any atom is 0.330 e. The molecule has 0 aliphatic carbocycles. The van der Waals surface area contributed by atoms with E-state index in [-0.39, 0.29) is 24.2 Å². The van der Waals surface area contributed by atoms with Crippen molar-refractivity contribution in [2.45, 2.75) is 110 Å². The van der Waals surface area contributed by atoms with E-state index in [2.05, 4.69) is 38.6 Å². The molecule has 10 heteroatoms. The molecule has 0 bridgehead atoms. The molecule has 9 nitrogen and oxygen atoms in total. The smallest absolute Gasteiger partial charge is 0.330 e. The molecule has 2 aromatic carbocycles. The Morgan fingerprint density at radius 2 is 1.17 bits per heavy atom. The van der Waals surface area contributed by atoms with Crippen molar-refractivity contribution in [3.8, 4) is 0 Å². The van der Waals surface area contributed by atoms with Gasteiger partial charge in [-0.2, -0.15) is 0 Å². The fourth-order valence-corrected chi connectivity index (χ4v) is 5.59. The zero-order chi connectivity index (χ0) is 35.0. The minimum Gasteiger partial charge on any atom is -0.469 e. The van der Waals surface area contributed by atoms with Crippen molar-refractivity contribution in [3.05, 3.63) is 96.1 Å². The second-order valence-corrected chi connectivity index (χ2v) is 17.8. The van der Waals surface area contributed by atoms with E-state index in [9.17, 15) is 14.4 Å². The molecule has 0 amide bonds. The van der Waals surface area contributed by atoms with E-state index in [1.54, 1.807) is 19.9 Å². The third-order valence-electron chi connectivity index (χ3n) is 7.93. The first-order chi connectivity index (χ1) is 22.1. The second-order valence-electron chi connectivity index (χ2n) is 13.0. The van der Waals surface area contributed by atoms with Crippen LogP contribution in [-0.4, -0.2) is 63.9 Å². The molecular weight excluding hydrogens is 616 g/mol. The number of rotatable bonds is 18. The van der Waals surface area contributed by atoms with E-state index in [1.807, 2.05) is 67.6 Å². The summed E-state index contributed by atoms with van der Waals surface area (Å²) in [4.78, 5) is 37.0. The summed E-state index contributed by atoms with van der Waals surface area (Å²) in [6.07, 6.45) is 2.58. The third-order valence-corrected chi connectivity index (χ3v) is 12.5. The fraction of sp³-hybridized carbons (Fsp3) is 0.486. The summed E-state index contributed by atoms with van der Waals surface area (Å²) in [7, 11) is -0.859. The van der Waals surface area contributed by atoms with Crippen LogP contribution in [0.4, 0.5) is 0 Å². The average molecular weight is 669 g/mol. The van der Waals surface area contributed by atoms with Gasteiger partial charge in [-0.3, -0.25) is 4.79 Å². The number of methoxy groups -OCH3 is 1. The van der Waals surface area contributed by atoms with E-state index in [1.165, 1.54) is 25.3 Å². The summed E-state index contributed by atoms with van der Waals surface area (Å²) < 4.78 is 34.5. The van der Waals surface area contributed by atoms with Crippen molar-refractivity contribution in [1.82, 2.24) is 0 Å². The van der Waals surface area contributed by atoms with Gasteiger partial charge < -0.3 is 28.1 Å². The number of hydrogen-bond acceptors (Lipinski definition) is 9. The lowest BCUT2D eigenvalue weighted by molar-refractivity contribution is -0.149. The molecule has 0 N–H and O–H groups in total. The highest BCUT2D eigenvalue weighted by molar-refractivity contribution is 6.74. The molecule has 5 atom stereocenters. The van der Waals surface area contributed by atoms with E-state index in [4.69, 9.17) is 23.4 Å². The highest BCUT2D eigenvalue weighted by Crippen LogP contribution is 2.37. The standard InChI is InChI=1S/C37H52O9Si/c1-27(24-36(40)41-7)44-34(38)22-20-32(42-25-30-16-12-10-13-17-30)28(2)45-35(39)23-21-33(43-26-31-18-14-11-15-19-31)29(3)46-47(8,9)37(4,5)6/h10-23,27-29,32-33H,24-26H2,1-9H3/b22-20+,23-21+/t27-,28-,29-,32+,33+/m0/s1. The SMILES string of the molecule is COC(=O)C[C@H](C)OC(=O)/C=C/[C@@H](OCc1ccccc1)[C@H](C)OC(=O)/C=C/[C@@H](OCc1ccccc1)[C@H](C)O[Si](C)(C)C(C)(C)C. The zero-order valence-corrected chi connectivity index (χ0v) is 30.3. The summed E-state index contributed by atoms with van der Waals surface area (Å²) in [5.74, 6) is -1.75. The molecule has 0 fully saturated rings. The predicted octanol–water partition coefficient (Wildman–Crippen LogP) is 7.11. The molecule has 47 heavy (non-hydrogen) atoms. The van der Waals surface area contributed by atoms with Crippen LogP contribution in [0.3, 0.4) is 0 Å². The Bertz CT molecular complexity index is 1300. The van der Waals surface area contributed by atoms with Crippen molar-refractivity contribution >= 4 is 26.2 Å². The summed E-state index contributed by atoms with van der Waals surface area (Å²) in [5, 5.41) is -0.00257. The lowest BCUT2D eigenvalue weighted by Crippen LogP contribution is -2.46. The van der Waals surface area contributed by atoms with Crippen molar-refractivity contribution in [2.24, 2.45) is 0 Å². The maximum absolute atomic E-state index is 13.1. The summed E-state index contributed by atoms with van der Waals surface area (Å²) >= 11 is 0. The first kappa shape index (κ1) is 39.6. The van der Waals surface area contributed by atoms with Gasteiger partial charge in [-0.1, -0.05) is 81.4 Å². The van der Waals surface area contributed by atoms with Crippen LogP contribution in [-0.2, 0) is 55.7 Å². The fourth-order valence-electron chi connectivity index (χ4n) is 4.17. The molecule has 2 aromatic rings. The van der Waals surface area contributed by atoms with Crippen molar-refractivity contribution < 1.29 is 42.5 Å².